The van der Waals surface area contributed by atoms with Crippen molar-refractivity contribution in [3.8, 4) is 0 Å². The molecule has 0 saturated carbocycles. The number of rotatable bonds is 5. The largest absolute Gasteiger partial charge is 0.314 e. The monoisotopic (exact) mass is 257 g/mol. The third-order valence-corrected chi connectivity index (χ3v) is 5.51. The minimum Gasteiger partial charge on any atom is -0.314 e. The van der Waals surface area contributed by atoms with Gasteiger partial charge in [0.15, 0.2) is 0 Å². The van der Waals surface area contributed by atoms with Crippen LogP contribution < -0.4 is 5.32 Å². The van der Waals surface area contributed by atoms with Crippen LogP contribution in [0, 0.1) is 0 Å². The van der Waals surface area contributed by atoms with Crippen molar-refractivity contribution >= 4 is 11.8 Å². The standard InChI is InChI=1S/C13H27N3S/c1-4-15(5-2)11-6-7-16(10-11)12-8-14-9-13(12)17-3/h11-14H,4-10H2,1-3H3. The molecule has 3 atom stereocenters. The third-order valence-electron chi connectivity index (χ3n) is 4.42. The summed E-state index contributed by atoms with van der Waals surface area (Å²) in [6.07, 6.45) is 3.61. The van der Waals surface area contributed by atoms with E-state index in [2.05, 4.69) is 35.2 Å². The van der Waals surface area contributed by atoms with Crippen LogP contribution in [0.5, 0.6) is 0 Å². The SMILES string of the molecule is CCN(CC)C1CCN(C2CNCC2SC)C1. The fourth-order valence-corrected chi connectivity index (χ4v) is 4.22. The molecule has 0 spiro atoms. The molecule has 100 valence electrons. The predicted molar refractivity (Wildman–Crippen MR) is 76.9 cm³/mol. The lowest BCUT2D eigenvalue weighted by Crippen LogP contribution is -2.43. The van der Waals surface area contributed by atoms with Crippen molar-refractivity contribution in [2.24, 2.45) is 0 Å². The van der Waals surface area contributed by atoms with Crippen LogP contribution in [0.2, 0.25) is 0 Å². The van der Waals surface area contributed by atoms with Crippen molar-refractivity contribution in [1.29, 1.82) is 0 Å². The van der Waals surface area contributed by atoms with Crippen LogP contribution in [0.4, 0.5) is 0 Å². The lowest BCUT2D eigenvalue weighted by atomic mass is 10.2. The van der Waals surface area contributed by atoms with Crippen molar-refractivity contribution in [1.82, 2.24) is 15.1 Å². The van der Waals surface area contributed by atoms with Gasteiger partial charge in [0.1, 0.15) is 0 Å². The molecule has 1 N–H and O–H groups in total. The van der Waals surface area contributed by atoms with Gasteiger partial charge in [-0.25, -0.2) is 0 Å². The summed E-state index contributed by atoms with van der Waals surface area (Å²) in [7, 11) is 0. The van der Waals surface area contributed by atoms with Crippen LogP contribution in [0.3, 0.4) is 0 Å². The molecular weight excluding hydrogens is 230 g/mol. The fourth-order valence-electron chi connectivity index (χ4n) is 3.35. The summed E-state index contributed by atoms with van der Waals surface area (Å²) in [6.45, 7) is 11.9. The van der Waals surface area contributed by atoms with Crippen LogP contribution >= 0.6 is 11.8 Å². The van der Waals surface area contributed by atoms with Gasteiger partial charge >= 0.3 is 0 Å². The molecule has 2 aliphatic heterocycles. The molecule has 0 radical (unpaired) electrons. The molecule has 2 saturated heterocycles. The predicted octanol–water partition coefficient (Wildman–Crippen LogP) is 1.11. The molecule has 2 heterocycles. The molecule has 2 aliphatic rings. The van der Waals surface area contributed by atoms with Crippen molar-refractivity contribution in [2.45, 2.75) is 37.6 Å². The summed E-state index contributed by atoms with van der Waals surface area (Å²) in [5.41, 5.74) is 0. The summed E-state index contributed by atoms with van der Waals surface area (Å²) in [5, 5.41) is 4.34. The van der Waals surface area contributed by atoms with Crippen molar-refractivity contribution in [2.75, 3.05) is 45.5 Å². The molecule has 2 rings (SSSR count). The zero-order chi connectivity index (χ0) is 12.3. The Hall–Kier alpha value is 0.230. The highest BCUT2D eigenvalue weighted by Crippen LogP contribution is 2.25. The van der Waals surface area contributed by atoms with E-state index < -0.39 is 0 Å². The number of hydrogen-bond donors (Lipinski definition) is 1. The Morgan fingerprint density at radius 2 is 2.06 bits per heavy atom. The average Bonchev–Trinajstić information content (AvgIpc) is 2.98. The number of nitrogens with one attached hydrogen (secondary N) is 1. The maximum absolute atomic E-state index is 3.55. The lowest BCUT2D eigenvalue weighted by molar-refractivity contribution is 0.194. The van der Waals surface area contributed by atoms with Gasteiger partial charge in [-0.1, -0.05) is 13.8 Å². The topological polar surface area (TPSA) is 18.5 Å². The number of hydrogen-bond acceptors (Lipinski definition) is 4. The van der Waals surface area contributed by atoms with Gasteiger partial charge in [0.05, 0.1) is 0 Å². The molecule has 0 aromatic carbocycles. The normalized spacial score (nSPS) is 34.9. The zero-order valence-electron chi connectivity index (χ0n) is 11.5. The van der Waals surface area contributed by atoms with Gasteiger partial charge in [0, 0.05) is 43.5 Å². The van der Waals surface area contributed by atoms with E-state index in [1.165, 1.54) is 45.7 Å². The Kier molecular flexibility index (Phi) is 5.15. The summed E-state index contributed by atoms with van der Waals surface area (Å²) in [6, 6.07) is 1.57. The smallest absolute Gasteiger partial charge is 0.0352 e. The number of thioether (sulfide) groups is 1. The quantitative estimate of drug-likeness (QED) is 0.795. The Balaban J connectivity index is 1.88. The molecule has 0 aromatic rings. The lowest BCUT2D eigenvalue weighted by Gasteiger charge is -2.30. The van der Waals surface area contributed by atoms with Crippen LogP contribution in [-0.4, -0.2) is 72.7 Å². The summed E-state index contributed by atoms with van der Waals surface area (Å²) < 4.78 is 0. The first-order chi connectivity index (χ1) is 8.30. The molecule has 2 fully saturated rings. The van der Waals surface area contributed by atoms with Gasteiger partial charge in [-0.2, -0.15) is 11.8 Å². The van der Waals surface area contributed by atoms with E-state index in [9.17, 15) is 0 Å². The van der Waals surface area contributed by atoms with Crippen LogP contribution in [0.15, 0.2) is 0 Å². The van der Waals surface area contributed by atoms with Crippen LogP contribution in [-0.2, 0) is 0 Å². The molecular formula is C13H27N3S. The Morgan fingerprint density at radius 3 is 2.71 bits per heavy atom. The second kappa shape index (κ2) is 6.41. The first kappa shape index (κ1) is 13.7. The van der Waals surface area contributed by atoms with E-state index in [0.717, 1.165) is 17.3 Å². The maximum atomic E-state index is 3.55. The number of likely N-dealkylation sites (N-methyl/N-ethyl adjacent to an activating group) is 1. The first-order valence-corrected chi connectivity index (χ1v) is 8.30. The highest BCUT2D eigenvalue weighted by atomic mass is 32.2. The van der Waals surface area contributed by atoms with E-state index in [1.807, 2.05) is 11.8 Å². The fraction of sp³-hybridized carbons (Fsp3) is 1.00. The Morgan fingerprint density at radius 1 is 1.29 bits per heavy atom. The molecule has 3 nitrogen and oxygen atoms in total. The summed E-state index contributed by atoms with van der Waals surface area (Å²) in [4.78, 5) is 5.35. The molecule has 0 amide bonds. The van der Waals surface area contributed by atoms with E-state index in [0.29, 0.717) is 0 Å². The highest BCUT2D eigenvalue weighted by molar-refractivity contribution is 7.99. The average molecular weight is 257 g/mol. The van der Waals surface area contributed by atoms with Crippen molar-refractivity contribution < 1.29 is 0 Å². The highest BCUT2D eigenvalue weighted by Gasteiger charge is 2.36. The minimum atomic E-state index is 0.769. The van der Waals surface area contributed by atoms with E-state index in [-0.39, 0.29) is 0 Å². The third kappa shape index (κ3) is 2.98. The van der Waals surface area contributed by atoms with Gasteiger partial charge in [-0.15, -0.1) is 0 Å². The van der Waals surface area contributed by atoms with Gasteiger partial charge in [-0.05, 0) is 25.8 Å². The number of likely N-dealkylation sites (tertiary alicyclic amines) is 1. The van der Waals surface area contributed by atoms with Gasteiger partial charge < -0.3 is 5.32 Å². The second-order valence-electron chi connectivity index (χ2n) is 5.16. The van der Waals surface area contributed by atoms with Gasteiger partial charge in [0.25, 0.3) is 0 Å². The van der Waals surface area contributed by atoms with E-state index in [1.54, 1.807) is 0 Å². The van der Waals surface area contributed by atoms with Gasteiger partial charge in [-0.3, -0.25) is 9.80 Å². The van der Waals surface area contributed by atoms with E-state index >= 15 is 0 Å². The molecule has 17 heavy (non-hydrogen) atoms. The molecule has 0 bridgehead atoms. The second-order valence-corrected chi connectivity index (χ2v) is 6.24. The maximum Gasteiger partial charge on any atom is 0.0352 e. The van der Waals surface area contributed by atoms with Crippen molar-refractivity contribution in [3.05, 3.63) is 0 Å². The van der Waals surface area contributed by atoms with Crippen LogP contribution in [0.25, 0.3) is 0 Å². The number of nitrogens with zero attached hydrogens (tertiary/aromatic N) is 2. The zero-order valence-corrected chi connectivity index (χ0v) is 12.3. The van der Waals surface area contributed by atoms with Gasteiger partial charge in [0.2, 0.25) is 0 Å². The Bertz CT molecular complexity index is 233. The summed E-state index contributed by atoms with van der Waals surface area (Å²) >= 11 is 2.03. The van der Waals surface area contributed by atoms with Crippen LogP contribution in [0.1, 0.15) is 20.3 Å². The molecule has 3 unspecified atom stereocenters. The minimum absolute atomic E-state index is 0.769. The van der Waals surface area contributed by atoms with E-state index in [4.69, 9.17) is 0 Å². The molecule has 4 heteroatoms. The Labute approximate surface area is 110 Å². The molecule has 0 aromatic heterocycles. The first-order valence-electron chi connectivity index (χ1n) is 7.01. The van der Waals surface area contributed by atoms with Crippen molar-refractivity contribution in [3.63, 3.8) is 0 Å². The molecule has 0 aliphatic carbocycles. The summed E-state index contributed by atoms with van der Waals surface area (Å²) in [5.74, 6) is 0.